The Morgan fingerprint density at radius 1 is 0.750 bits per heavy atom. The molecule has 0 aromatic carbocycles. The topological polar surface area (TPSA) is 0 Å². The average Bonchev–Trinajstić information content (AvgIpc) is 0. The fourth-order valence-electron chi connectivity index (χ4n) is 0. The predicted molar refractivity (Wildman–Crippen MR) is 5.75 cm³/mol. The van der Waals surface area contributed by atoms with Gasteiger partial charge in [0.15, 0.2) is 0 Å². The fourth-order valence-corrected chi connectivity index (χ4v) is 0. The van der Waals surface area contributed by atoms with Gasteiger partial charge in [0.2, 0.25) is 0 Å². The molecule has 0 rings (SSSR count). The van der Waals surface area contributed by atoms with E-state index in [1.807, 2.05) is 0 Å². The van der Waals surface area contributed by atoms with Gasteiger partial charge < -0.3 is 9.41 Å². The largest absolute Gasteiger partial charge is 2.00 e. The van der Waals surface area contributed by atoms with Gasteiger partial charge in [-0.2, -0.15) is 0 Å². The Balaban J connectivity index is 0. The summed E-state index contributed by atoms with van der Waals surface area (Å²) in [6.07, 6.45) is 0. The van der Waals surface area contributed by atoms with E-state index >= 15 is 0 Å². The van der Waals surface area contributed by atoms with Crippen molar-refractivity contribution in [3.63, 3.8) is 0 Å². The molecule has 4 heavy (non-hydrogen) atoms. The van der Waals surface area contributed by atoms with E-state index in [1.54, 1.807) is 0 Å². The van der Waals surface area contributed by atoms with Gasteiger partial charge in [-0.15, -0.1) is 0 Å². The molecule has 0 fully saturated rings. The molecule has 0 amide bonds. The molecule has 0 saturated carbocycles. The second-order valence-electron chi connectivity index (χ2n) is 0. The Bertz CT molecular complexity index is 6.00. The molecule has 0 aliphatic rings. The zero-order valence-corrected chi connectivity index (χ0v) is 4.91. The molecule has 0 aliphatic heterocycles. The number of rotatable bonds is 0. The molecule has 0 saturated heterocycles. The Kier molecular flexibility index (Phi) is 258. The summed E-state index contributed by atoms with van der Waals surface area (Å²) in [5, 5.41) is 0. The van der Waals surface area contributed by atoms with E-state index in [1.165, 1.54) is 0 Å². The van der Waals surface area contributed by atoms with Gasteiger partial charge in [0.05, 0.1) is 0 Å². The molecule has 0 aromatic heterocycles. The van der Waals surface area contributed by atoms with Gasteiger partial charge in [-0.1, -0.05) is 0 Å². The number of hydrogen-bond donors (Lipinski definition) is 0. The van der Waals surface area contributed by atoms with Crippen LogP contribution in [0.4, 0.5) is 0 Å². The van der Waals surface area contributed by atoms with Gasteiger partial charge in [0.25, 0.3) is 0 Å². The minimum Gasteiger partial charge on any atom is -1.00 e. The van der Waals surface area contributed by atoms with Crippen LogP contribution in [0.25, 0.3) is 0 Å². The Morgan fingerprint density at radius 3 is 0.750 bits per heavy atom. The van der Waals surface area contributed by atoms with Crippen molar-refractivity contribution >= 4 is 37.7 Å². The third kappa shape index (κ3) is 9.43. The van der Waals surface area contributed by atoms with E-state index in [2.05, 4.69) is 0 Å². The first-order valence-corrected chi connectivity index (χ1v) is 0. The normalized spacial score (nSPS) is 0. The fraction of sp³-hybridized carbons (Fsp3) is 0. The van der Waals surface area contributed by atoms with Crippen molar-refractivity contribution in [2.24, 2.45) is 0 Å². The maximum absolute atomic E-state index is 0. The molecule has 0 nitrogen and oxygen atoms in total. The van der Waals surface area contributed by atoms with Crippen LogP contribution in [0.15, 0.2) is 0 Å². The molecular weight excluding hydrogens is 142 g/mol. The summed E-state index contributed by atoms with van der Waals surface area (Å²) < 4.78 is 0. The molecule has 0 atom stereocenters. The molecule has 0 aromatic rings. The summed E-state index contributed by atoms with van der Waals surface area (Å²) in [6, 6.07) is 0. The Morgan fingerprint density at radius 2 is 0.750 bits per heavy atom. The first kappa shape index (κ1) is 45.2. The van der Waals surface area contributed by atoms with Crippen LogP contribution in [0.1, 0.15) is 0 Å². The first-order chi connectivity index (χ1) is 0. The van der Waals surface area contributed by atoms with Crippen LogP contribution in [-0.4, -0.2) is 37.7 Å². The molecule has 0 spiro atoms. The van der Waals surface area contributed by atoms with E-state index in [-0.39, 0.29) is 64.2 Å². The Hall–Kier alpha value is 1.64. The van der Waals surface area contributed by atoms with E-state index in [0.29, 0.717) is 0 Å². The van der Waals surface area contributed by atoms with Crippen molar-refractivity contribution in [3.05, 3.63) is 0 Å². The average molecular weight is 142 g/mol. The van der Waals surface area contributed by atoms with Crippen molar-refractivity contribution in [1.82, 2.24) is 0 Å². The van der Waals surface area contributed by atoms with Gasteiger partial charge in [-0.3, -0.25) is 0 Å². The molecule has 1 radical (unpaired) electrons. The number of halogens is 2. The van der Waals surface area contributed by atoms with Crippen molar-refractivity contribution in [2.45, 2.75) is 0 Å². The van der Waals surface area contributed by atoms with Crippen molar-refractivity contribution in [3.8, 4) is 0 Å². The van der Waals surface area contributed by atoms with Gasteiger partial charge in [0, 0.05) is 17.1 Å². The van der Waals surface area contributed by atoms with Gasteiger partial charge in [-0.05, 0) is 0 Å². The quantitative estimate of drug-likeness (QED) is 0.295. The van der Waals surface area contributed by atoms with Crippen molar-refractivity contribution < 1.29 is 26.5 Å². The minimum atomic E-state index is 0. The maximum Gasteiger partial charge on any atom is 2.00 e. The van der Waals surface area contributed by atoms with Gasteiger partial charge in [-0.25, -0.2) is 0 Å². The summed E-state index contributed by atoms with van der Waals surface area (Å²) in [4.78, 5) is 0. The molecule has 0 unspecified atom stereocenters. The molecule has 0 aliphatic carbocycles. The van der Waals surface area contributed by atoms with Crippen LogP contribution < -0.4 is 9.41 Å². The van der Waals surface area contributed by atoms with E-state index in [9.17, 15) is 0 Å². The van der Waals surface area contributed by atoms with Crippen LogP contribution >= 0.6 is 0 Å². The second kappa shape index (κ2) is 22.9. The molecule has 0 N–H and O–H groups in total. The van der Waals surface area contributed by atoms with Crippen molar-refractivity contribution in [2.75, 3.05) is 0 Å². The summed E-state index contributed by atoms with van der Waals surface area (Å²) in [5.74, 6) is 0. The van der Waals surface area contributed by atoms with Crippen LogP contribution in [0.3, 0.4) is 0 Å². The second-order valence-corrected chi connectivity index (χ2v) is 0. The van der Waals surface area contributed by atoms with Crippen LogP contribution in [-0.2, 0) is 17.1 Å². The predicted octanol–water partition coefficient (Wildman–Crippen LogP) is -6.38. The maximum atomic E-state index is 0. The summed E-state index contributed by atoms with van der Waals surface area (Å²) in [6.45, 7) is 0. The minimum absolute atomic E-state index is 0. The summed E-state index contributed by atoms with van der Waals surface area (Å²) in [5.41, 5.74) is 0. The zero-order valence-electron chi connectivity index (χ0n) is 1.76. The zero-order chi connectivity index (χ0) is 0. The third-order valence-corrected chi connectivity index (χ3v) is 0. The SMILES string of the molecule is [Ca+2].[Cu].[F-].[F-]. The van der Waals surface area contributed by atoms with Crippen molar-refractivity contribution in [1.29, 1.82) is 0 Å². The number of hydrogen-bond acceptors (Lipinski definition) is 0. The van der Waals surface area contributed by atoms with E-state index < -0.39 is 0 Å². The van der Waals surface area contributed by atoms with Gasteiger partial charge in [0.1, 0.15) is 0 Å². The van der Waals surface area contributed by atoms with Crippen LogP contribution in [0, 0.1) is 0 Å². The molecular formula is CaCuF2. The Labute approximate surface area is 63.5 Å². The summed E-state index contributed by atoms with van der Waals surface area (Å²) >= 11 is 0. The third-order valence-electron chi connectivity index (χ3n) is 0. The van der Waals surface area contributed by atoms with Crippen LogP contribution in [0.2, 0.25) is 0 Å². The standard InChI is InChI=1S/Ca.Cu.2FH/h;;2*1H/q+2;;;/p-2. The molecule has 27 valence electrons. The summed E-state index contributed by atoms with van der Waals surface area (Å²) in [7, 11) is 0. The molecule has 0 heterocycles. The first-order valence-electron chi connectivity index (χ1n) is 0. The van der Waals surface area contributed by atoms with E-state index in [0.717, 1.165) is 0 Å². The molecule has 0 bridgehead atoms. The molecule has 4 heteroatoms. The van der Waals surface area contributed by atoms with Gasteiger partial charge >= 0.3 is 37.7 Å². The smallest absolute Gasteiger partial charge is 1.00 e. The van der Waals surface area contributed by atoms with Crippen LogP contribution in [0.5, 0.6) is 0 Å². The monoisotopic (exact) mass is 141 g/mol. The van der Waals surface area contributed by atoms with E-state index in [4.69, 9.17) is 0 Å².